The van der Waals surface area contributed by atoms with Gasteiger partial charge in [-0.25, -0.2) is 4.68 Å². The minimum absolute atomic E-state index is 0.0264. The van der Waals surface area contributed by atoms with Gasteiger partial charge < -0.3 is 19.9 Å². The van der Waals surface area contributed by atoms with Crippen LogP contribution in [-0.4, -0.2) is 69.0 Å². The fraction of sp³-hybridized carbons (Fsp3) is 0.344. The van der Waals surface area contributed by atoms with Crippen molar-refractivity contribution in [1.29, 1.82) is 0 Å². The van der Waals surface area contributed by atoms with Gasteiger partial charge in [0.2, 0.25) is 11.8 Å². The van der Waals surface area contributed by atoms with Crippen molar-refractivity contribution in [3.63, 3.8) is 0 Å². The lowest BCUT2D eigenvalue weighted by atomic mass is 9.85. The Morgan fingerprint density at radius 2 is 1.86 bits per heavy atom. The van der Waals surface area contributed by atoms with Gasteiger partial charge in [0.1, 0.15) is 18.1 Å². The first-order valence-corrected chi connectivity index (χ1v) is 14.5. The van der Waals surface area contributed by atoms with E-state index in [1.807, 2.05) is 60.7 Å². The second-order valence-corrected chi connectivity index (χ2v) is 10.7. The third-order valence-electron chi connectivity index (χ3n) is 7.97. The summed E-state index contributed by atoms with van der Waals surface area (Å²) in [7, 11) is 0. The lowest BCUT2D eigenvalue weighted by Crippen LogP contribution is -2.52. The molecule has 42 heavy (non-hydrogen) atoms. The van der Waals surface area contributed by atoms with Crippen LogP contribution in [0.15, 0.2) is 85.2 Å². The molecule has 4 aromatic rings. The number of hydrogen-bond donors (Lipinski definition) is 1. The summed E-state index contributed by atoms with van der Waals surface area (Å²) in [5, 5.41) is 11.6. The van der Waals surface area contributed by atoms with Crippen LogP contribution in [0.4, 0.5) is 11.4 Å². The van der Waals surface area contributed by atoms with E-state index in [2.05, 4.69) is 37.7 Å². The smallest absolute Gasteiger partial charge is 0.247 e. The van der Waals surface area contributed by atoms with Crippen LogP contribution in [0.1, 0.15) is 24.8 Å². The quantitative estimate of drug-likeness (QED) is 0.305. The number of pyridine rings is 1. The third kappa shape index (κ3) is 6.33. The molecule has 10 heteroatoms. The van der Waals surface area contributed by atoms with E-state index in [4.69, 9.17) is 4.74 Å². The van der Waals surface area contributed by atoms with Gasteiger partial charge in [-0.2, -0.15) is 0 Å². The molecule has 6 rings (SSSR count). The Balaban J connectivity index is 1.28. The molecule has 1 saturated heterocycles. The Bertz CT molecular complexity index is 1530. The highest BCUT2D eigenvalue weighted by Crippen LogP contribution is 2.29. The molecular formula is C32H35N7O3. The van der Waals surface area contributed by atoms with Crippen LogP contribution in [0.5, 0.6) is 0 Å². The molecule has 0 radical (unpaired) electrons. The summed E-state index contributed by atoms with van der Waals surface area (Å²) in [4.78, 5) is 36.5. The number of para-hydroxylation sites is 1. The molecule has 2 aliphatic rings. The number of ether oxygens (including phenoxy) is 1. The first-order valence-electron chi connectivity index (χ1n) is 14.5. The predicted octanol–water partition coefficient (Wildman–Crippen LogP) is 4.06. The Morgan fingerprint density at radius 3 is 2.62 bits per heavy atom. The summed E-state index contributed by atoms with van der Waals surface area (Å²) in [6.07, 6.45) is 10.1. The van der Waals surface area contributed by atoms with Crippen LogP contribution in [0.2, 0.25) is 0 Å². The second-order valence-electron chi connectivity index (χ2n) is 10.7. The third-order valence-corrected chi connectivity index (χ3v) is 7.97. The SMILES string of the molecule is O=C(Nc1ccc(N2CCOCC2)cc1)[C@H]([C@@H]1CC=CCC1)N(Cc1cccnc1)C(=O)Cn1nnc2ccccc21. The minimum Gasteiger partial charge on any atom is -0.378 e. The van der Waals surface area contributed by atoms with Crippen molar-refractivity contribution in [1.82, 2.24) is 24.9 Å². The van der Waals surface area contributed by atoms with Gasteiger partial charge in [0.05, 0.1) is 18.7 Å². The maximum absolute atomic E-state index is 14.1. The van der Waals surface area contributed by atoms with Crippen molar-refractivity contribution >= 4 is 34.2 Å². The van der Waals surface area contributed by atoms with E-state index in [1.165, 1.54) is 0 Å². The monoisotopic (exact) mass is 565 g/mol. The highest BCUT2D eigenvalue weighted by molar-refractivity contribution is 5.97. The zero-order valence-corrected chi connectivity index (χ0v) is 23.5. The van der Waals surface area contributed by atoms with Crippen LogP contribution in [0.3, 0.4) is 0 Å². The van der Waals surface area contributed by atoms with E-state index in [9.17, 15) is 9.59 Å². The number of hydrogen-bond acceptors (Lipinski definition) is 7. The Labute approximate surface area is 245 Å². The standard InChI is InChI=1S/C32H35N7O3/c40-30(23-39-29-11-5-4-10-28(29)35-36-39)38(22-24-7-6-16-33-21-24)31(25-8-2-1-3-9-25)32(41)34-26-12-14-27(15-13-26)37-17-19-42-20-18-37/h1-2,4-7,10-16,21,25,31H,3,8-9,17-20,22-23H2,(H,34,41)/t25-,31+/m1/s1. The molecule has 10 nitrogen and oxygen atoms in total. The van der Waals surface area contributed by atoms with E-state index >= 15 is 0 Å². The molecular weight excluding hydrogens is 530 g/mol. The van der Waals surface area contributed by atoms with Crippen LogP contribution in [0, 0.1) is 5.92 Å². The summed E-state index contributed by atoms with van der Waals surface area (Å²) in [5.41, 5.74) is 4.14. The summed E-state index contributed by atoms with van der Waals surface area (Å²) < 4.78 is 7.08. The number of benzene rings is 2. The normalized spacial score (nSPS) is 17.6. The van der Waals surface area contributed by atoms with Crippen LogP contribution in [-0.2, 0) is 27.4 Å². The lowest BCUT2D eigenvalue weighted by molar-refractivity contribution is -0.142. The van der Waals surface area contributed by atoms with Crippen molar-refractivity contribution in [2.24, 2.45) is 5.92 Å². The molecule has 1 N–H and O–H groups in total. The summed E-state index contributed by atoms with van der Waals surface area (Å²) >= 11 is 0. The average molecular weight is 566 g/mol. The molecule has 2 amide bonds. The summed E-state index contributed by atoms with van der Waals surface area (Å²) in [5.74, 6) is -0.433. The number of fused-ring (bicyclic) bond motifs is 1. The second kappa shape index (κ2) is 12.9. The maximum atomic E-state index is 14.1. The molecule has 1 fully saturated rings. The largest absolute Gasteiger partial charge is 0.378 e. The van der Waals surface area contributed by atoms with E-state index < -0.39 is 6.04 Å². The zero-order chi connectivity index (χ0) is 28.7. The molecule has 0 unspecified atom stereocenters. The van der Waals surface area contributed by atoms with Gasteiger partial charge in [-0.15, -0.1) is 5.10 Å². The van der Waals surface area contributed by atoms with Crippen molar-refractivity contribution in [2.75, 3.05) is 36.5 Å². The van der Waals surface area contributed by atoms with Crippen LogP contribution < -0.4 is 10.2 Å². The number of morpholine rings is 1. The number of carbonyl (C=O) groups excluding carboxylic acids is 2. The predicted molar refractivity (Wildman–Crippen MR) is 161 cm³/mol. The number of anilines is 2. The molecule has 3 heterocycles. The Kier molecular flexibility index (Phi) is 8.51. The molecule has 2 atom stereocenters. The zero-order valence-electron chi connectivity index (χ0n) is 23.5. The van der Waals surface area contributed by atoms with Gasteiger partial charge in [-0.1, -0.05) is 35.6 Å². The molecule has 1 aliphatic heterocycles. The van der Waals surface area contributed by atoms with Crippen LogP contribution >= 0.6 is 0 Å². The van der Waals surface area contributed by atoms with E-state index in [1.54, 1.807) is 22.0 Å². The summed E-state index contributed by atoms with van der Waals surface area (Å²) in [6, 6.07) is 18.5. The first kappa shape index (κ1) is 27.6. The van der Waals surface area contributed by atoms with Gasteiger partial charge in [-0.05, 0) is 73.2 Å². The lowest BCUT2D eigenvalue weighted by Gasteiger charge is -2.37. The number of nitrogens with zero attached hydrogens (tertiary/aromatic N) is 6. The van der Waals surface area contributed by atoms with E-state index in [0.717, 1.165) is 54.6 Å². The minimum atomic E-state index is -0.684. The number of nitrogens with one attached hydrogen (secondary N) is 1. The topological polar surface area (TPSA) is 105 Å². The number of carbonyl (C=O) groups is 2. The van der Waals surface area contributed by atoms with Gasteiger partial charge >= 0.3 is 0 Å². The highest BCUT2D eigenvalue weighted by Gasteiger charge is 2.37. The number of amides is 2. The Morgan fingerprint density at radius 1 is 1.02 bits per heavy atom. The average Bonchev–Trinajstić information content (AvgIpc) is 3.45. The van der Waals surface area contributed by atoms with E-state index in [0.29, 0.717) is 18.9 Å². The summed E-state index contributed by atoms with van der Waals surface area (Å²) in [6.45, 7) is 3.34. The fourth-order valence-corrected chi connectivity index (χ4v) is 5.79. The maximum Gasteiger partial charge on any atom is 0.247 e. The molecule has 2 aromatic heterocycles. The molecule has 1 aliphatic carbocycles. The van der Waals surface area contributed by atoms with Crippen molar-refractivity contribution in [2.45, 2.75) is 38.4 Å². The molecule has 216 valence electrons. The molecule has 2 aromatic carbocycles. The number of rotatable bonds is 9. The first-order chi connectivity index (χ1) is 20.7. The van der Waals surface area contributed by atoms with Crippen LogP contribution in [0.25, 0.3) is 11.0 Å². The Hall–Kier alpha value is -4.57. The molecule has 0 spiro atoms. The fourth-order valence-electron chi connectivity index (χ4n) is 5.79. The van der Waals surface area contributed by atoms with Gasteiger partial charge in [-0.3, -0.25) is 14.6 Å². The van der Waals surface area contributed by atoms with E-state index in [-0.39, 0.29) is 30.8 Å². The highest BCUT2D eigenvalue weighted by atomic mass is 16.5. The van der Waals surface area contributed by atoms with Crippen molar-refractivity contribution in [3.8, 4) is 0 Å². The van der Waals surface area contributed by atoms with Crippen molar-refractivity contribution in [3.05, 3.63) is 90.8 Å². The number of aromatic nitrogens is 4. The van der Waals surface area contributed by atoms with Crippen molar-refractivity contribution < 1.29 is 14.3 Å². The van der Waals surface area contributed by atoms with Gasteiger partial charge in [0, 0.05) is 43.4 Å². The molecule has 0 bridgehead atoms. The van der Waals surface area contributed by atoms with Gasteiger partial charge in [0.15, 0.2) is 0 Å². The molecule has 0 saturated carbocycles. The number of allylic oxidation sites excluding steroid dienone is 2. The van der Waals surface area contributed by atoms with Gasteiger partial charge in [0.25, 0.3) is 0 Å².